The van der Waals surface area contributed by atoms with Crippen molar-refractivity contribution in [3.05, 3.63) is 107 Å². The van der Waals surface area contributed by atoms with Crippen LogP contribution in [-0.2, 0) is 0 Å². The van der Waals surface area contributed by atoms with Crippen LogP contribution in [-0.4, -0.2) is 21.1 Å². The summed E-state index contributed by atoms with van der Waals surface area (Å²) in [6, 6.07) is 29.1. The van der Waals surface area contributed by atoms with Crippen molar-refractivity contribution in [2.24, 2.45) is 0 Å². The molecule has 0 aliphatic rings. The summed E-state index contributed by atoms with van der Waals surface area (Å²) in [5.74, 6) is 0.297. The van der Waals surface area contributed by atoms with Crippen molar-refractivity contribution in [3.8, 4) is 16.8 Å². The SMILES string of the molecule is N=c1c2c(-c3ccccc3)csc2nc(SCC(=O)c2ccccc2)n1-c1ccccc1. The van der Waals surface area contributed by atoms with Gasteiger partial charge in [-0.05, 0) is 17.7 Å². The second-order valence-corrected chi connectivity index (χ2v) is 8.99. The summed E-state index contributed by atoms with van der Waals surface area (Å²) in [7, 11) is 0. The zero-order chi connectivity index (χ0) is 21.9. The van der Waals surface area contributed by atoms with Gasteiger partial charge in [-0.3, -0.25) is 14.8 Å². The minimum absolute atomic E-state index is 0.0415. The highest BCUT2D eigenvalue weighted by Gasteiger charge is 2.17. The van der Waals surface area contributed by atoms with E-state index in [1.807, 2.05) is 83.4 Å². The molecule has 0 unspecified atom stereocenters. The number of carbonyl (C=O) groups is 1. The summed E-state index contributed by atoms with van der Waals surface area (Å²) in [5.41, 5.74) is 3.97. The third kappa shape index (κ3) is 3.90. The normalized spacial score (nSPS) is 11.0. The van der Waals surface area contributed by atoms with Gasteiger partial charge in [0.05, 0.1) is 11.1 Å². The molecule has 0 saturated heterocycles. The van der Waals surface area contributed by atoms with Crippen molar-refractivity contribution in [1.29, 1.82) is 5.41 Å². The van der Waals surface area contributed by atoms with E-state index in [9.17, 15) is 4.79 Å². The molecule has 2 heterocycles. The van der Waals surface area contributed by atoms with Crippen LogP contribution in [0.2, 0.25) is 0 Å². The van der Waals surface area contributed by atoms with E-state index in [0.29, 0.717) is 16.2 Å². The van der Waals surface area contributed by atoms with Gasteiger partial charge in [0.25, 0.3) is 0 Å². The second-order valence-electron chi connectivity index (χ2n) is 7.19. The van der Waals surface area contributed by atoms with Gasteiger partial charge in [0.1, 0.15) is 10.3 Å². The van der Waals surface area contributed by atoms with Gasteiger partial charge in [-0.25, -0.2) is 4.98 Å². The lowest BCUT2D eigenvalue weighted by Crippen LogP contribution is -2.22. The molecule has 0 saturated carbocycles. The Morgan fingerprint density at radius 3 is 2.22 bits per heavy atom. The van der Waals surface area contributed by atoms with Crippen molar-refractivity contribution in [2.45, 2.75) is 5.16 Å². The third-order valence-corrected chi connectivity index (χ3v) is 6.96. The zero-order valence-electron chi connectivity index (χ0n) is 17.1. The molecule has 0 amide bonds. The first-order chi connectivity index (χ1) is 15.7. The Bertz CT molecular complexity index is 1440. The molecule has 0 atom stereocenters. The van der Waals surface area contributed by atoms with Crippen LogP contribution in [0.25, 0.3) is 27.0 Å². The largest absolute Gasteiger partial charge is 0.293 e. The maximum Gasteiger partial charge on any atom is 0.176 e. The molecule has 156 valence electrons. The standard InChI is InChI=1S/C26H19N3OS2/c27-24-23-21(18-10-4-1-5-11-18)16-31-25(23)28-26(29(24)20-14-8-3-9-15-20)32-17-22(30)19-12-6-2-7-13-19/h1-16,27H,17H2. The third-order valence-electron chi connectivity index (χ3n) is 5.15. The predicted molar refractivity (Wildman–Crippen MR) is 132 cm³/mol. The molecule has 1 N–H and O–H groups in total. The molecule has 5 rings (SSSR count). The van der Waals surface area contributed by atoms with E-state index in [2.05, 4.69) is 17.5 Å². The Hall–Kier alpha value is -3.48. The number of fused-ring (bicyclic) bond motifs is 1. The van der Waals surface area contributed by atoms with Gasteiger partial charge >= 0.3 is 0 Å². The second kappa shape index (κ2) is 8.94. The molecule has 2 aromatic heterocycles. The van der Waals surface area contributed by atoms with Crippen LogP contribution in [0.5, 0.6) is 0 Å². The molecule has 0 fully saturated rings. The summed E-state index contributed by atoms with van der Waals surface area (Å²) in [6.45, 7) is 0. The van der Waals surface area contributed by atoms with Gasteiger partial charge < -0.3 is 0 Å². The number of nitrogens with one attached hydrogen (secondary N) is 1. The van der Waals surface area contributed by atoms with Gasteiger partial charge in [0, 0.05) is 22.2 Å². The first kappa shape index (κ1) is 20.4. The molecule has 0 radical (unpaired) electrons. The van der Waals surface area contributed by atoms with Crippen LogP contribution in [0.1, 0.15) is 10.4 Å². The van der Waals surface area contributed by atoms with Crippen LogP contribution in [0.4, 0.5) is 0 Å². The zero-order valence-corrected chi connectivity index (χ0v) is 18.7. The lowest BCUT2D eigenvalue weighted by atomic mass is 10.1. The highest BCUT2D eigenvalue weighted by atomic mass is 32.2. The van der Waals surface area contributed by atoms with Crippen LogP contribution >= 0.6 is 23.1 Å². The van der Waals surface area contributed by atoms with Gasteiger partial charge in [0.15, 0.2) is 10.9 Å². The van der Waals surface area contributed by atoms with E-state index in [1.54, 1.807) is 0 Å². The Morgan fingerprint density at radius 2 is 1.53 bits per heavy atom. The van der Waals surface area contributed by atoms with Crippen LogP contribution in [0, 0.1) is 5.41 Å². The molecule has 0 spiro atoms. The number of rotatable bonds is 6. The van der Waals surface area contributed by atoms with Crippen molar-refractivity contribution >= 4 is 39.1 Å². The minimum Gasteiger partial charge on any atom is -0.293 e. The predicted octanol–water partition coefficient (Wildman–Crippen LogP) is 6.21. The van der Waals surface area contributed by atoms with E-state index in [0.717, 1.165) is 27.0 Å². The van der Waals surface area contributed by atoms with Gasteiger partial charge in [-0.2, -0.15) is 0 Å². The lowest BCUT2D eigenvalue weighted by Gasteiger charge is -2.14. The molecule has 4 nitrogen and oxygen atoms in total. The van der Waals surface area contributed by atoms with Crippen molar-refractivity contribution < 1.29 is 4.79 Å². The molecular weight excluding hydrogens is 434 g/mol. The smallest absolute Gasteiger partial charge is 0.176 e. The maximum atomic E-state index is 12.7. The number of nitrogens with zero attached hydrogens (tertiary/aromatic N) is 2. The summed E-state index contributed by atoms with van der Waals surface area (Å²) in [5, 5.41) is 12.6. The molecule has 32 heavy (non-hydrogen) atoms. The molecule has 3 aromatic carbocycles. The van der Waals surface area contributed by atoms with Gasteiger partial charge in [-0.15, -0.1) is 11.3 Å². The minimum atomic E-state index is 0.0415. The number of carbonyl (C=O) groups excluding carboxylic acids is 1. The lowest BCUT2D eigenvalue weighted by molar-refractivity contribution is 0.102. The quantitative estimate of drug-likeness (QED) is 0.189. The number of para-hydroxylation sites is 1. The Morgan fingerprint density at radius 1 is 0.906 bits per heavy atom. The van der Waals surface area contributed by atoms with Crippen LogP contribution < -0.4 is 5.49 Å². The fourth-order valence-electron chi connectivity index (χ4n) is 3.58. The molecular formula is C26H19N3OS2. The first-order valence-corrected chi connectivity index (χ1v) is 12.0. The number of benzene rings is 3. The fourth-order valence-corrected chi connectivity index (χ4v) is 5.50. The molecule has 5 aromatic rings. The average Bonchev–Trinajstić information content (AvgIpc) is 3.28. The Balaban J connectivity index is 1.62. The number of ketones is 1. The van der Waals surface area contributed by atoms with E-state index in [4.69, 9.17) is 10.4 Å². The number of thiophene rings is 1. The molecule has 0 aliphatic heterocycles. The van der Waals surface area contributed by atoms with Crippen molar-refractivity contribution in [1.82, 2.24) is 9.55 Å². The highest BCUT2D eigenvalue weighted by Crippen LogP contribution is 2.33. The monoisotopic (exact) mass is 453 g/mol. The molecule has 6 heteroatoms. The highest BCUT2D eigenvalue weighted by molar-refractivity contribution is 7.99. The van der Waals surface area contributed by atoms with E-state index < -0.39 is 0 Å². The molecule has 0 bridgehead atoms. The summed E-state index contributed by atoms with van der Waals surface area (Å²) < 4.78 is 1.84. The summed E-state index contributed by atoms with van der Waals surface area (Å²) in [6.07, 6.45) is 0. The number of thioether (sulfide) groups is 1. The number of hydrogen-bond donors (Lipinski definition) is 1. The van der Waals surface area contributed by atoms with Crippen LogP contribution in [0.15, 0.2) is 102 Å². The number of Topliss-reactive ketones (excluding diaryl/α,β-unsaturated/α-hetero) is 1. The first-order valence-electron chi connectivity index (χ1n) is 10.1. The van der Waals surface area contributed by atoms with Gasteiger partial charge in [-0.1, -0.05) is 90.6 Å². The van der Waals surface area contributed by atoms with E-state index in [1.165, 1.54) is 23.1 Å². The number of aromatic nitrogens is 2. The Labute approximate surface area is 193 Å². The van der Waals surface area contributed by atoms with Crippen LogP contribution in [0.3, 0.4) is 0 Å². The summed E-state index contributed by atoms with van der Waals surface area (Å²) in [4.78, 5) is 18.4. The van der Waals surface area contributed by atoms with E-state index >= 15 is 0 Å². The Kier molecular flexibility index (Phi) is 5.71. The topological polar surface area (TPSA) is 58.7 Å². The van der Waals surface area contributed by atoms with Gasteiger partial charge in [0.2, 0.25) is 0 Å². The maximum absolute atomic E-state index is 12.7. The fraction of sp³-hybridized carbons (Fsp3) is 0.0385. The summed E-state index contributed by atoms with van der Waals surface area (Å²) >= 11 is 2.90. The number of hydrogen-bond acceptors (Lipinski definition) is 5. The van der Waals surface area contributed by atoms with Crippen molar-refractivity contribution in [2.75, 3.05) is 5.75 Å². The van der Waals surface area contributed by atoms with Crippen molar-refractivity contribution in [3.63, 3.8) is 0 Å². The van der Waals surface area contributed by atoms with E-state index in [-0.39, 0.29) is 11.5 Å². The average molecular weight is 454 g/mol. The molecule has 0 aliphatic carbocycles.